The van der Waals surface area contributed by atoms with E-state index in [1.54, 1.807) is 0 Å². The summed E-state index contributed by atoms with van der Waals surface area (Å²) in [5, 5.41) is 21.9. The van der Waals surface area contributed by atoms with Crippen LogP contribution in [0.25, 0.3) is 5.69 Å². The molecule has 0 aliphatic rings. The molecule has 6 heteroatoms. The zero-order valence-corrected chi connectivity index (χ0v) is 9.17. The Morgan fingerprint density at radius 1 is 1.39 bits per heavy atom. The number of rotatable bonds is 2. The van der Waals surface area contributed by atoms with Crippen molar-refractivity contribution in [2.45, 2.75) is 6.42 Å². The van der Waals surface area contributed by atoms with Gasteiger partial charge in [-0.05, 0) is 24.3 Å². The summed E-state index contributed by atoms with van der Waals surface area (Å²) in [6.07, 6.45) is -0.118. The first-order valence-electron chi connectivity index (χ1n) is 5.07. The highest BCUT2D eigenvalue weighted by Crippen LogP contribution is 2.13. The molecule has 1 N–H and O–H groups in total. The zero-order valence-electron chi connectivity index (χ0n) is 9.17. The standard InChI is InChI=1S/C12H8FN3O2/c13-8-1-3-9(4-2-8)16-12(18)7-11(17)10(15-16)5-6-14/h1-4,7,17H,5H2. The number of aromatic nitrogens is 2. The predicted octanol–water partition coefficient (Wildman–Crippen LogP) is 1.14. The zero-order chi connectivity index (χ0) is 13.1. The Bertz CT molecular complexity index is 671. The first-order valence-corrected chi connectivity index (χ1v) is 5.07. The lowest BCUT2D eigenvalue weighted by Crippen LogP contribution is -2.21. The van der Waals surface area contributed by atoms with Gasteiger partial charge in [-0.25, -0.2) is 4.39 Å². The molecule has 0 saturated carbocycles. The molecule has 90 valence electrons. The molecule has 0 unspecified atom stereocenters. The van der Waals surface area contributed by atoms with Crippen molar-refractivity contribution in [1.82, 2.24) is 9.78 Å². The molecule has 0 amide bonds. The van der Waals surface area contributed by atoms with E-state index < -0.39 is 11.4 Å². The van der Waals surface area contributed by atoms with Gasteiger partial charge >= 0.3 is 0 Å². The molecule has 1 heterocycles. The van der Waals surface area contributed by atoms with Gasteiger partial charge in [0.05, 0.1) is 18.2 Å². The van der Waals surface area contributed by atoms with Crippen molar-refractivity contribution >= 4 is 0 Å². The Balaban J connectivity index is 2.57. The van der Waals surface area contributed by atoms with Crippen LogP contribution in [0.2, 0.25) is 0 Å². The second kappa shape index (κ2) is 4.67. The summed E-state index contributed by atoms with van der Waals surface area (Å²) in [4.78, 5) is 11.6. The van der Waals surface area contributed by atoms with Crippen molar-refractivity contribution in [3.05, 3.63) is 52.2 Å². The molecule has 0 bridgehead atoms. The molecule has 1 aromatic heterocycles. The monoisotopic (exact) mass is 245 g/mol. The molecule has 18 heavy (non-hydrogen) atoms. The Morgan fingerprint density at radius 3 is 2.67 bits per heavy atom. The van der Waals surface area contributed by atoms with Gasteiger partial charge in [0.25, 0.3) is 5.56 Å². The van der Waals surface area contributed by atoms with Gasteiger partial charge in [-0.2, -0.15) is 15.0 Å². The van der Waals surface area contributed by atoms with Crippen LogP contribution in [-0.4, -0.2) is 14.9 Å². The summed E-state index contributed by atoms with van der Waals surface area (Å²) in [7, 11) is 0. The average Bonchev–Trinajstić information content (AvgIpc) is 2.34. The smallest absolute Gasteiger partial charge is 0.275 e. The first kappa shape index (κ1) is 11.8. The van der Waals surface area contributed by atoms with Crippen molar-refractivity contribution in [2.24, 2.45) is 0 Å². The Labute approximate surface area is 101 Å². The summed E-state index contributed by atoms with van der Waals surface area (Å²) in [5.41, 5.74) is -0.0946. The second-order valence-corrected chi connectivity index (χ2v) is 3.54. The lowest BCUT2D eigenvalue weighted by atomic mass is 10.2. The predicted molar refractivity (Wildman–Crippen MR) is 60.8 cm³/mol. The highest BCUT2D eigenvalue weighted by atomic mass is 19.1. The topological polar surface area (TPSA) is 78.9 Å². The summed E-state index contributed by atoms with van der Waals surface area (Å²) in [6.45, 7) is 0. The minimum Gasteiger partial charge on any atom is -0.506 e. The largest absolute Gasteiger partial charge is 0.506 e. The molecule has 0 spiro atoms. The number of halogens is 1. The van der Waals surface area contributed by atoms with Crippen LogP contribution in [-0.2, 0) is 6.42 Å². The van der Waals surface area contributed by atoms with Crippen LogP contribution in [0.3, 0.4) is 0 Å². The second-order valence-electron chi connectivity index (χ2n) is 3.54. The van der Waals surface area contributed by atoms with Gasteiger partial charge in [0.1, 0.15) is 17.3 Å². The number of nitrogens with zero attached hydrogens (tertiary/aromatic N) is 3. The highest BCUT2D eigenvalue weighted by Gasteiger charge is 2.09. The normalized spacial score (nSPS) is 10.0. The minimum atomic E-state index is -0.555. The molecule has 2 rings (SSSR count). The quantitative estimate of drug-likeness (QED) is 0.860. The number of aromatic hydroxyl groups is 1. The molecule has 0 aliphatic heterocycles. The van der Waals surface area contributed by atoms with Crippen LogP contribution in [0.5, 0.6) is 5.75 Å². The molecular weight excluding hydrogens is 237 g/mol. The third-order valence-corrected chi connectivity index (χ3v) is 2.30. The lowest BCUT2D eigenvalue weighted by Gasteiger charge is -2.06. The maximum absolute atomic E-state index is 12.8. The highest BCUT2D eigenvalue weighted by molar-refractivity contribution is 5.33. The van der Waals surface area contributed by atoms with E-state index in [9.17, 15) is 14.3 Å². The molecule has 5 nitrogen and oxygen atoms in total. The number of hydrogen-bond acceptors (Lipinski definition) is 4. The number of hydrogen-bond donors (Lipinski definition) is 1. The van der Waals surface area contributed by atoms with Crippen molar-refractivity contribution < 1.29 is 9.50 Å². The molecule has 0 aliphatic carbocycles. The van der Waals surface area contributed by atoms with E-state index in [-0.39, 0.29) is 17.9 Å². The van der Waals surface area contributed by atoms with Gasteiger partial charge in [-0.15, -0.1) is 0 Å². The van der Waals surface area contributed by atoms with Gasteiger partial charge in [0.2, 0.25) is 0 Å². The van der Waals surface area contributed by atoms with Gasteiger partial charge in [-0.1, -0.05) is 0 Å². The Hall–Kier alpha value is -2.68. The maximum Gasteiger partial charge on any atom is 0.275 e. The van der Waals surface area contributed by atoms with Crippen LogP contribution in [0, 0.1) is 17.1 Å². The average molecular weight is 245 g/mol. The Kier molecular flexibility index (Phi) is 3.06. The fourth-order valence-corrected chi connectivity index (χ4v) is 1.45. The SMILES string of the molecule is N#CCc1nn(-c2ccc(F)cc2)c(=O)cc1O. The van der Waals surface area contributed by atoms with Crippen molar-refractivity contribution in [3.63, 3.8) is 0 Å². The van der Waals surface area contributed by atoms with E-state index in [2.05, 4.69) is 5.10 Å². The van der Waals surface area contributed by atoms with Gasteiger partial charge in [0, 0.05) is 6.07 Å². The third kappa shape index (κ3) is 2.20. The van der Waals surface area contributed by atoms with Crippen molar-refractivity contribution in [2.75, 3.05) is 0 Å². The molecule has 0 atom stereocenters. The molecule has 0 radical (unpaired) electrons. The molecular formula is C12H8FN3O2. The number of benzene rings is 1. The van der Waals surface area contributed by atoms with Gasteiger partial charge < -0.3 is 5.11 Å². The molecule has 0 saturated heterocycles. The van der Waals surface area contributed by atoms with Crippen molar-refractivity contribution in [3.8, 4) is 17.5 Å². The third-order valence-electron chi connectivity index (χ3n) is 2.30. The van der Waals surface area contributed by atoms with E-state index in [0.29, 0.717) is 5.69 Å². The Morgan fingerprint density at radius 2 is 2.06 bits per heavy atom. The summed E-state index contributed by atoms with van der Waals surface area (Å²) >= 11 is 0. The number of nitriles is 1. The van der Waals surface area contributed by atoms with E-state index in [1.165, 1.54) is 24.3 Å². The lowest BCUT2D eigenvalue weighted by molar-refractivity contribution is 0.459. The van der Waals surface area contributed by atoms with Gasteiger partial charge in [0.15, 0.2) is 0 Å². The summed E-state index contributed by atoms with van der Waals surface area (Å²) < 4.78 is 13.8. The summed E-state index contributed by atoms with van der Waals surface area (Å²) in [5.74, 6) is -0.747. The fourth-order valence-electron chi connectivity index (χ4n) is 1.45. The van der Waals surface area contributed by atoms with Crippen LogP contribution >= 0.6 is 0 Å². The van der Waals surface area contributed by atoms with E-state index >= 15 is 0 Å². The first-order chi connectivity index (χ1) is 8.61. The molecule has 1 aromatic carbocycles. The van der Waals surface area contributed by atoms with Crippen LogP contribution in [0.1, 0.15) is 5.69 Å². The summed E-state index contributed by atoms with van der Waals surface area (Å²) in [6, 6.07) is 7.97. The van der Waals surface area contributed by atoms with Gasteiger partial charge in [-0.3, -0.25) is 4.79 Å². The minimum absolute atomic E-state index is 0.0985. The van der Waals surface area contributed by atoms with Crippen LogP contribution in [0.15, 0.2) is 35.1 Å². The van der Waals surface area contributed by atoms with E-state index in [1.807, 2.05) is 6.07 Å². The van der Waals surface area contributed by atoms with E-state index in [4.69, 9.17) is 5.26 Å². The molecule has 0 fully saturated rings. The van der Waals surface area contributed by atoms with Crippen LogP contribution < -0.4 is 5.56 Å². The van der Waals surface area contributed by atoms with E-state index in [0.717, 1.165) is 10.7 Å². The molecule has 2 aromatic rings. The fraction of sp³-hybridized carbons (Fsp3) is 0.0833. The van der Waals surface area contributed by atoms with Crippen molar-refractivity contribution in [1.29, 1.82) is 5.26 Å². The maximum atomic E-state index is 12.8. The van der Waals surface area contributed by atoms with Crippen LogP contribution in [0.4, 0.5) is 4.39 Å².